The maximum absolute atomic E-state index is 12.4. The molecule has 0 aromatic heterocycles. The van der Waals surface area contributed by atoms with Crippen LogP contribution >= 0.6 is 11.6 Å². The lowest BCUT2D eigenvalue weighted by Gasteiger charge is -2.40. The number of hydrogen-bond donors (Lipinski definition) is 2. The van der Waals surface area contributed by atoms with Crippen LogP contribution < -0.4 is 0 Å². The van der Waals surface area contributed by atoms with E-state index in [0.717, 1.165) is 12.8 Å². The fourth-order valence-corrected chi connectivity index (χ4v) is 4.14. The van der Waals surface area contributed by atoms with Crippen molar-refractivity contribution in [3.8, 4) is 0 Å². The van der Waals surface area contributed by atoms with Gasteiger partial charge in [0.15, 0.2) is 0 Å². The second kappa shape index (κ2) is 5.78. The standard InChI is InChI=1S/C19H19ClO4/c1-10-9-19(18(23)24,12-7-8-12)16(15(11(10)2)17(21)22)13-5-3-4-6-14(13)20/h3-6,9,12,16H,7-8H2,1-2H3,(H,21,22)(H,23,24). The predicted octanol–water partition coefficient (Wildman–Crippen LogP) is 4.27. The first-order chi connectivity index (χ1) is 11.3. The van der Waals surface area contributed by atoms with Crippen LogP contribution in [0.25, 0.3) is 0 Å². The third-order valence-electron chi connectivity index (χ3n) is 5.29. The third-order valence-corrected chi connectivity index (χ3v) is 5.63. The van der Waals surface area contributed by atoms with Crippen LogP contribution in [0.4, 0.5) is 0 Å². The minimum atomic E-state index is -1.26. The molecule has 0 radical (unpaired) electrons. The van der Waals surface area contributed by atoms with E-state index >= 15 is 0 Å². The molecule has 2 unspecified atom stereocenters. The summed E-state index contributed by atoms with van der Waals surface area (Å²) in [4.78, 5) is 24.4. The van der Waals surface area contributed by atoms with Gasteiger partial charge in [0.1, 0.15) is 5.41 Å². The number of carboxylic acid groups (broad SMARTS) is 2. The Labute approximate surface area is 145 Å². The largest absolute Gasteiger partial charge is 0.481 e. The molecule has 126 valence electrons. The number of benzene rings is 1. The molecule has 0 spiro atoms. The van der Waals surface area contributed by atoms with Gasteiger partial charge in [-0.05, 0) is 49.8 Å². The van der Waals surface area contributed by atoms with Crippen LogP contribution in [0.3, 0.4) is 0 Å². The molecule has 0 heterocycles. The highest BCUT2D eigenvalue weighted by Gasteiger charge is 2.59. The lowest BCUT2D eigenvalue weighted by Crippen LogP contribution is -2.42. The maximum atomic E-state index is 12.4. The van der Waals surface area contributed by atoms with Crippen LogP contribution in [0.2, 0.25) is 5.02 Å². The third kappa shape index (κ3) is 2.37. The number of rotatable bonds is 4. The highest BCUT2D eigenvalue weighted by Crippen LogP contribution is 2.60. The normalized spacial score (nSPS) is 27.0. The lowest BCUT2D eigenvalue weighted by atomic mass is 9.60. The van der Waals surface area contributed by atoms with Crippen LogP contribution in [-0.2, 0) is 9.59 Å². The summed E-state index contributed by atoms with van der Waals surface area (Å²) in [6.45, 7) is 3.51. The molecule has 0 bridgehead atoms. The summed E-state index contributed by atoms with van der Waals surface area (Å²) in [6, 6.07) is 6.93. The molecule has 1 aromatic carbocycles. The fraction of sp³-hybridized carbons (Fsp3) is 0.368. The molecular weight excluding hydrogens is 328 g/mol. The Morgan fingerprint density at radius 3 is 2.29 bits per heavy atom. The Morgan fingerprint density at radius 1 is 1.17 bits per heavy atom. The second-order valence-corrected chi connectivity index (χ2v) is 7.05. The summed E-state index contributed by atoms with van der Waals surface area (Å²) < 4.78 is 0. The first-order valence-corrected chi connectivity index (χ1v) is 8.30. The summed E-state index contributed by atoms with van der Waals surface area (Å²) in [5, 5.41) is 20.4. The van der Waals surface area contributed by atoms with E-state index in [1.54, 1.807) is 44.2 Å². The Kier molecular flexibility index (Phi) is 4.04. The molecular formula is C19H19ClO4. The fourth-order valence-electron chi connectivity index (χ4n) is 3.90. The van der Waals surface area contributed by atoms with Crippen molar-refractivity contribution in [2.45, 2.75) is 32.6 Å². The van der Waals surface area contributed by atoms with Crippen molar-refractivity contribution in [2.75, 3.05) is 0 Å². The zero-order chi connectivity index (χ0) is 17.6. The minimum absolute atomic E-state index is 0.0753. The van der Waals surface area contributed by atoms with E-state index in [4.69, 9.17) is 11.6 Å². The zero-order valence-electron chi connectivity index (χ0n) is 13.5. The molecule has 1 saturated carbocycles. The smallest absolute Gasteiger partial charge is 0.332 e. The predicted molar refractivity (Wildman–Crippen MR) is 91.1 cm³/mol. The molecule has 2 N–H and O–H groups in total. The Hall–Kier alpha value is -2.07. The summed E-state index contributed by atoms with van der Waals surface area (Å²) in [5.74, 6) is -2.94. The maximum Gasteiger partial charge on any atom is 0.332 e. The van der Waals surface area contributed by atoms with Gasteiger partial charge in [0.2, 0.25) is 0 Å². The van der Waals surface area contributed by atoms with Crippen LogP contribution in [0.15, 0.2) is 47.1 Å². The first kappa shape index (κ1) is 16.8. The van der Waals surface area contributed by atoms with E-state index in [2.05, 4.69) is 0 Å². The summed E-state index contributed by atoms with van der Waals surface area (Å²) in [6.07, 6.45) is 3.31. The quantitative estimate of drug-likeness (QED) is 0.853. The van der Waals surface area contributed by atoms with Crippen molar-refractivity contribution in [2.24, 2.45) is 11.3 Å². The molecule has 2 atom stereocenters. The van der Waals surface area contributed by atoms with Gasteiger partial charge in [0.05, 0.1) is 0 Å². The van der Waals surface area contributed by atoms with Gasteiger partial charge in [0, 0.05) is 16.5 Å². The van der Waals surface area contributed by atoms with Crippen LogP contribution in [-0.4, -0.2) is 22.2 Å². The number of halogens is 1. The van der Waals surface area contributed by atoms with Gasteiger partial charge in [-0.2, -0.15) is 0 Å². The Morgan fingerprint density at radius 2 is 1.79 bits per heavy atom. The van der Waals surface area contributed by atoms with Crippen molar-refractivity contribution in [3.63, 3.8) is 0 Å². The van der Waals surface area contributed by atoms with Gasteiger partial charge < -0.3 is 10.2 Å². The molecule has 24 heavy (non-hydrogen) atoms. The van der Waals surface area contributed by atoms with Crippen LogP contribution in [0.1, 0.15) is 38.2 Å². The van der Waals surface area contributed by atoms with E-state index in [-0.39, 0.29) is 11.5 Å². The average Bonchev–Trinajstić information content (AvgIpc) is 3.34. The molecule has 0 aliphatic heterocycles. The van der Waals surface area contributed by atoms with Crippen molar-refractivity contribution in [1.82, 2.24) is 0 Å². The number of carboxylic acids is 2. The monoisotopic (exact) mass is 346 g/mol. The molecule has 1 aromatic rings. The van der Waals surface area contributed by atoms with Crippen molar-refractivity contribution >= 4 is 23.5 Å². The van der Waals surface area contributed by atoms with Gasteiger partial charge in [0.25, 0.3) is 0 Å². The van der Waals surface area contributed by atoms with Gasteiger partial charge in [-0.25, -0.2) is 4.79 Å². The molecule has 2 aliphatic carbocycles. The van der Waals surface area contributed by atoms with Crippen molar-refractivity contribution in [3.05, 3.63) is 57.6 Å². The van der Waals surface area contributed by atoms with Crippen LogP contribution in [0.5, 0.6) is 0 Å². The zero-order valence-corrected chi connectivity index (χ0v) is 14.3. The molecule has 1 fully saturated rings. The SMILES string of the molecule is CC1=CC(C(=O)O)(C2CC2)C(c2ccccc2Cl)C(C(=O)O)=C1C. The van der Waals surface area contributed by atoms with Crippen molar-refractivity contribution in [1.29, 1.82) is 0 Å². The van der Waals surface area contributed by atoms with Crippen LogP contribution in [0, 0.1) is 11.3 Å². The number of hydrogen-bond acceptors (Lipinski definition) is 2. The molecule has 2 aliphatic rings. The lowest BCUT2D eigenvalue weighted by molar-refractivity contribution is -0.148. The Bertz CT molecular complexity index is 788. The Balaban J connectivity index is 2.35. The molecule has 0 saturated heterocycles. The van der Waals surface area contributed by atoms with Gasteiger partial charge in [-0.3, -0.25) is 4.79 Å². The molecule has 4 nitrogen and oxygen atoms in total. The number of carbonyl (C=O) groups is 2. The average molecular weight is 347 g/mol. The van der Waals surface area contributed by atoms with Gasteiger partial charge in [-0.15, -0.1) is 0 Å². The van der Waals surface area contributed by atoms with E-state index in [1.807, 2.05) is 0 Å². The highest BCUT2D eigenvalue weighted by molar-refractivity contribution is 6.31. The number of aliphatic carboxylic acids is 2. The summed E-state index contributed by atoms with van der Waals surface area (Å²) in [7, 11) is 0. The summed E-state index contributed by atoms with van der Waals surface area (Å²) in [5.41, 5.74) is 0.767. The second-order valence-electron chi connectivity index (χ2n) is 6.64. The van der Waals surface area contributed by atoms with E-state index in [9.17, 15) is 19.8 Å². The van der Waals surface area contributed by atoms with Crippen molar-refractivity contribution < 1.29 is 19.8 Å². The minimum Gasteiger partial charge on any atom is -0.481 e. The number of allylic oxidation sites excluding steroid dienone is 2. The van der Waals surface area contributed by atoms with E-state index in [1.165, 1.54) is 0 Å². The van der Waals surface area contributed by atoms with E-state index in [0.29, 0.717) is 21.7 Å². The van der Waals surface area contributed by atoms with E-state index < -0.39 is 23.3 Å². The topological polar surface area (TPSA) is 74.6 Å². The molecule has 3 rings (SSSR count). The summed E-state index contributed by atoms with van der Waals surface area (Å²) >= 11 is 6.34. The highest BCUT2D eigenvalue weighted by atomic mass is 35.5. The van der Waals surface area contributed by atoms with Gasteiger partial charge in [-0.1, -0.05) is 41.4 Å². The molecule has 5 heteroatoms. The first-order valence-electron chi connectivity index (χ1n) is 7.92. The molecule has 0 amide bonds. The van der Waals surface area contributed by atoms with Gasteiger partial charge >= 0.3 is 11.9 Å².